The molecule has 0 amide bonds. The van der Waals surface area contributed by atoms with Gasteiger partial charge in [-0.3, -0.25) is 0 Å². The van der Waals surface area contributed by atoms with Crippen molar-refractivity contribution in [1.29, 1.82) is 5.26 Å². The summed E-state index contributed by atoms with van der Waals surface area (Å²) in [5.41, 5.74) is -4.86. The number of methoxy groups -OCH3 is 1. The van der Waals surface area contributed by atoms with Gasteiger partial charge in [0.1, 0.15) is 6.07 Å². The number of thioether (sulfide) groups is 1. The number of carbonyl (C=O) groups excluding carboxylic acids is 1. The standard InChI is InChI=1S/C11H7ClF3NO2S/c1-18-10(17)9-7(5-16)2-6(4-12)3-8(9)19-11(13,14)15/h2-3H,4H2,1H3. The molecule has 1 rings (SSSR count). The summed E-state index contributed by atoms with van der Waals surface area (Å²) in [4.78, 5) is 11.1. The fraction of sp³-hybridized carbons (Fsp3) is 0.273. The van der Waals surface area contributed by atoms with Crippen LogP contribution in [0.1, 0.15) is 21.5 Å². The first-order valence-electron chi connectivity index (χ1n) is 4.79. The quantitative estimate of drug-likeness (QED) is 0.485. The largest absolute Gasteiger partial charge is 0.465 e. The topological polar surface area (TPSA) is 50.1 Å². The predicted octanol–water partition coefficient (Wildman–Crippen LogP) is 3.70. The Kier molecular flexibility index (Phi) is 5.09. The lowest BCUT2D eigenvalue weighted by atomic mass is 10.1. The maximum Gasteiger partial charge on any atom is 0.446 e. The molecule has 1 aromatic carbocycles. The summed E-state index contributed by atoms with van der Waals surface area (Å²) < 4.78 is 41.8. The Balaban J connectivity index is 3.47. The molecule has 0 N–H and O–H groups in total. The molecular weight excluding hydrogens is 303 g/mol. The van der Waals surface area contributed by atoms with Crippen LogP contribution in [0.25, 0.3) is 0 Å². The van der Waals surface area contributed by atoms with Gasteiger partial charge < -0.3 is 4.74 Å². The van der Waals surface area contributed by atoms with Crippen LogP contribution in [0.5, 0.6) is 0 Å². The number of nitriles is 1. The number of alkyl halides is 4. The van der Waals surface area contributed by atoms with Crippen LogP contribution >= 0.6 is 23.4 Å². The monoisotopic (exact) mass is 309 g/mol. The lowest BCUT2D eigenvalue weighted by molar-refractivity contribution is -0.0328. The van der Waals surface area contributed by atoms with Gasteiger partial charge in [0.25, 0.3) is 0 Å². The number of rotatable bonds is 3. The molecule has 8 heteroatoms. The van der Waals surface area contributed by atoms with Crippen molar-refractivity contribution in [2.75, 3.05) is 7.11 Å². The third kappa shape index (κ3) is 4.04. The average molecular weight is 310 g/mol. The Labute approximate surface area is 116 Å². The lowest BCUT2D eigenvalue weighted by Gasteiger charge is -2.12. The van der Waals surface area contributed by atoms with E-state index in [1.54, 1.807) is 6.07 Å². The molecule has 0 aliphatic carbocycles. The summed E-state index contributed by atoms with van der Waals surface area (Å²) in [6, 6.07) is 4.06. The molecule has 3 nitrogen and oxygen atoms in total. The average Bonchev–Trinajstić information content (AvgIpc) is 2.34. The number of carbonyl (C=O) groups is 1. The van der Waals surface area contributed by atoms with E-state index in [-0.39, 0.29) is 11.4 Å². The smallest absolute Gasteiger partial charge is 0.446 e. The van der Waals surface area contributed by atoms with Crippen LogP contribution in [0.2, 0.25) is 0 Å². The van der Waals surface area contributed by atoms with E-state index in [1.807, 2.05) is 0 Å². The van der Waals surface area contributed by atoms with Gasteiger partial charge in [0.2, 0.25) is 0 Å². The van der Waals surface area contributed by atoms with E-state index >= 15 is 0 Å². The van der Waals surface area contributed by atoms with Crippen molar-refractivity contribution in [3.8, 4) is 6.07 Å². The van der Waals surface area contributed by atoms with Crippen LogP contribution in [0, 0.1) is 11.3 Å². The minimum absolute atomic E-state index is 0.0679. The van der Waals surface area contributed by atoms with Crippen LogP contribution in [0.3, 0.4) is 0 Å². The maximum atomic E-state index is 12.5. The Morgan fingerprint density at radius 2 is 2.16 bits per heavy atom. The van der Waals surface area contributed by atoms with Crippen molar-refractivity contribution >= 4 is 29.3 Å². The van der Waals surface area contributed by atoms with Crippen molar-refractivity contribution in [2.24, 2.45) is 0 Å². The van der Waals surface area contributed by atoms with Crippen LogP contribution in [0.4, 0.5) is 13.2 Å². The highest BCUT2D eigenvalue weighted by molar-refractivity contribution is 8.00. The molecule has 19 heavy (non-hydrogen) atoms. The highest BCUT2D eigenvalue weighted by Crippen LogP contribution is 2.40. The van der Waals surface area contributed by atoms with Crippen molar-refractivity contribution in [2.45, 2.75) is 16.3 Å². The van der Waals surface area contributed by atoms with Gasteiger partial charge in [-0.1, -0.05) is 0 Å². The summed E-state index contributed by atoms with van der Waals surface area (Å²) in [6.07, 6.45) is 0. The molecule has 0 aromatic heterocycles. The van der Waals surface area contributed by atoms with Crippen molar-refractivity contribution in [3.63, 3.8) is 0 Å². The summed E-state index contributed by atoms with van der Waals surface area (Å²) >= 11 is 5.07. The minimum Gasteiger partial charge on any atom is -0.465 e. The Morgan fingerprint density at radius 1 is 1.53 bits per heavy atom. The van der Waals surface area contributed by atoms with Gasteiger partial charge >= 0.3 is 11.5 Å². The number of ether oxygens (including phenoxy) is 1. The first-order chi connectivity index (χ1) is 8.82. The highest BCUT2D eigenvalue weighted by atomic mass is 35.5. The Morgan fingerprint density at radius 3 is 2.58 bits per heavy atom. The minimum atomic E-state index is -4.58. The molecule has 0 aliphatic rings. The zero-order valence-corrected chi connectivity index (χ0v) is 11.1. The van der Waals surface area contributed by atoms with Crippen molar-refractivity contribution < 1.29 is 22.7 Å². The molecule has 0 unspecified atom stereocenters. The van der Waals surface area contributed by atoms with E-state index in [2.05, 4.69) is 4.74 Å². The molecule has 0 spiro atoms. The molecule has 0 saturated heterocycles. The number of hydrogen-bond donors (Lipinski definition) is 0. The Hall–Kier alpha value is -1.39. The van der Waals surface area contributed by atoms with Crippen LogP contribution in [0.15, 0.2) is 17.0 Å². The summed E-state index contributed by atoms with van der Waals surface area (Å²) in [5.74, 6) is -1.06. The van der Waals surface area contributed by atoms with Gasteiger partial charge in [0, 0.05) is 10.8 Å². The molecule has 0 aliphatic heterocycles. The zero-order valence-electron chi connectivity index (χ0n) is 9.55. The third-order valence-electron chi connectivity index (χ3n) is 2.05. The van der Waals surface area contributed by atoms with E-state index in [9.17, 15) is 18.0 Å². The molecule has 0 atom stereocenters. The molecule has 0 radical (unpaired) electrons. The van der Waals surface area contributed by atoms with E-state index in [1.165, 1.54) is 6.07 Å². The molecule has 102 valence electrons. The lowest BCUT2D eigenvalue weighted by Crippen LogP contribution is -2.10. The van der Waals surface area contributed by atoms with E-state index < -0.39 is 33.7 Å². The molecule has 0 saturated carbocycles. The van der Waals surface area contributed by atoms with E-state index in [0.717, 1.165) is 13.2 Å². The van der Waals surface area contributed by atoms with Gasteiger partial charge in [-0.05, 0) is 29.5 Å². The normalized spacial score (nSPS) is 10.9. The van der Waals surface area contributed by atoms with Crippen LogP contribution in [-0.2, 0) is 10.6 Å². The third-order valence-corrected chi connectivity index (χ3v) is 3.13. The van der Waals surface area contributed by atoms with Gasteiger partial charge in [-0.2, -0.15) is 18.4 Å². The van der Waals surface area contributed by atoms with E-state index in [0.29, 0.717) is 5.56 Å². The first-order valence-corrected chi connectivity index (χ1v) is 6.14. The maximum absolute atomic E-state index is 12.5. The van der Waals surface area contributed by atoms with Gasteiger partial charge in [-0.15, -0.1) is 11.6 Å². The summed E-state index contributed by atoms with van der Waals surface area (Å²) in [5, 5.41) is 8.91. The van der Waals surface area contributed by atoms with Gasteiger partial charge in [0.05, 0.1) is 18.2 Å². The molecule has 0 bridgehead atoms. The van der Waals surface area contributed by atoms with Gasteiger partial charge in [0.15, 0.2) is 0 Å². The summed E-state index contributed by atoms with van der Waals surface area (Å²) in [7, 11) is 1.03. The molecule has 0 heterocycles. The highest BCUT2D eigenvalue weighted by Gasteiger charge is 2.33. The zero-order chi connectivity index (χ0) is 14.6. The Bertz CT molecular complexity index is 540. The molecular formula is C11H7ClF3NO2S. The number of esters is 1. The number of halogens is 4. The first kappa shape index (κ1) is 15.7. The van der Waals surface area contributed by atoms with Crippen molar-refractivity contribution in [1.82, 2.24) is 0 Å². The molecule has 0 fully saturated rings. The fourth-order valence-electron chi connectivity index (χ4n) is 1.36. The van der Waals surface area contributed by atoms with Crippen LogP contribution < -0.4 is 0 Å². The second-order valence-corrected chi connectivity index (χ2v) is 4.68. The second kappa shape index (κ2) is 6.17. The molecule has 1 aromatic rings. The van der Waals surface area contributed by atoms with Crippen LogP contribution in [-0.4, -0.2) is 18.6 Å². The fourth-order valence-corrected chi connectivity index (χ4v) is 2.26. The van der Waals surface area contributed by atoms with Gasteiger partial charge in [-0.25, -0.2) is 4.79 Å². The predicted molar refractivity (Wildman–Crippen MR) is 64.0 cm³/mol. The summed E-state index contributed by atoms with van der Waals surface area (Å²) in [6.45, 7) is 0. The SMILES string of the molecule is COC(=O)c1c(C#N)cc(CCl)cc1SC(F)(F)F. The van der Waals surface area contributed by atoms with Crippen molar-refractivity contribution in [3.05, 3.63) is 28.8 Å². The number of nitrogens with zero attached hydrogens (tertiary/aromatic N) is 1. The number of hydrogen-bond acceptors (Lipinski definition) is 4. The number of benzene rings is 1. The second-order valence-electron chi connectivity index (χ2n) is 3.30. The van der Waals surface area contributed by atoms with E-state index in [4.69, 9.17) is 16.9 Å².